The standard InChI is InChI=1S/C16H20N2O/c1-11-7-12(2)9-14(8-11)18-16(19)10-15(17-18)13-5-3-4-6-13/h7-9,13H,3-6,10H2,1-2H3. The molecule has 1 fully saturated rings. The maximum atomic E-state index is 12.2. The Morgan fingerprint density at radius 3 is 2.37 bits per heavy atom. The van der Waals surface area contributed by atoms with Gasteiger partial charge in [0, 0.05) is 0 Å². The Labute approximate surface area is 114 Å². The predicted molar refractivity (Wildman–Crippen MR) is 77.4 cm³/mol. The number of hydrazone groups is 1. The molecule has 0 spiro atoms. The average Bonchev–Trinajstić information content (AvgIpc) is 2.95. The van der Waals surface area contributed by atoms with Gasteiger partial charge in [-0.15, -0.1) is 0 Å². The van der Waals surface area contributed by atoms with Crippen LogP contribution in [0.25, 0.3) is 0 Å². The summed E-state index contributed by atoms with van der Waals surface area (Å²) in [6, 6.07) is 6.18. The molecule has 0 saturated heterocycles. The second kappa shape index (κ2) is 4.80. The minimum Gasteiger partial charge on any atom is -0.272 e. The van der Waals surface area contributed by atoms with Gasteiger partial charge in [0.2, 0.25) is 0 Å². The van der Waals surface area contributed by atoms with Gasteiger partial charge in [-0.05, 0) is 55.9 Å². The van der Waals surface area contributed by atoms with Gasteiger partial charge in [0.15, 0.2) is 0 Å². The van der Waals surface area contributed by atoms with Crippen LogP contribution in [-0.2, 0) is 4.79 Å². The molecule has 100 valence electrons. The van der Waals surface area contributed by atoms with Gasteiger partial charge in [0.1, 0.15) is 0 Å². The highest BCUT2D eigenvalue weighted by Crippen LogP contribution is 2.31. The summed E-state index contributed by atoms with van der Waals surface area (Å²) in [6.07, 6.45) is 5.47. The van der Waals surface area contributed by atoms with Gasteiger partial charge in [-0.3, -0.25) is 4.79 Å². The maximum Gasteiger partial charge on any atom is 0.253 e. The molecule has 1 aromatic rings. The van der Waals surface area contributed by atoms with E-state index in [0.717, 1.165) is 11.4 Å². The lowest BCUT2D eigenvalue weighted by Crippen LogP contribution is -2.19. The topological polar surface area (TPSA) is 32.7 Å². The van der Waals surface area contributed by atoms with Gasteiger partial charge in [-0.1, -0.05) is 18.9 Å². The van der Waals surface area contributed by atoms with E-state index < -0.39 is 0 Å². The third kappa shape index (κ3) is 2.42. The van der Waals surface area contributed by atoms with E-state index in [9.17, 15) is 4.79 Å². The van der Waals surface area contributed by atoms with Crippen LogP contribution in [0.5, 0.6) is 0 Å². The zero-order valence-electron chi connectivity index (χ0n) is 11.6. The van der Waals surface area contributed by atoms with Crippen molar-refractivity contribution in [3.63, 3.8) is 0 Å². The van der Waals surface area contributed by atoms with E-state index >= 15 is 0 Å². The first-order valence-electron chi connectivity index (χ1n) is 7.12. The number of anilines is 1. The van der Waals surface area contributed by atoms with Gasteiger partial charge in [0.25, 0.3) is 5.91 Å². The van der Waals surface area contributed by atoms with Crippen molar-refractivity contribution in [3.8, 4) is 0 Å². The summed E-state index contributed by atoms with van der Waals surface area (Å²) in [5.74, 6) is 0.659. The minimum atomic E-state index is 0.118. The summed E-state index contributed by atoms with van der Waals surface area (Å²) in [5, 5.41) is 6.21. The van der Waals surface area contributed by atoms with Crippen molar-refractivity contribution in [2.45, 2.75) is 46.0 Å². The molecule has 3 nitrogen and oxygen atoms in total. The molecule has 2 aliphatic rings. The fourth-order valence-corrected chi connectivity index (χ4v) is 3.21. The lowest BCUT2D eigenvalue weighted by Gasteiger charge is -2.13. The highest BCUT2D eigenvalue weighted by molar-refractivity contribution is 6.13. The molecule has 1 aliphatic carbocycles. The van der Waals surface area contributed by atoms with Crippen LogP contribution >= 0.6 is 0 Å². The van der Waals surface area contributed by atoms with E-state index in [4.69, 9.17) is 0 Å². The number of benzene rings is 1. The van der Waals surface area contributed by atoms with Crippen LogP contribution in [0.15, 0.2) is 23.3 Å². The van der Waals surface area contributed by atoms with Crippen molar-refractivity contribution in [1.29, 1.82) is 0 Å². The fourth-order valence-electron chi connectivity index (χ4n) is 3.21. The Kier molecular flexibility index (Phi) is 3.13. The van der Waals surface area contributed by atoms with E-state index in [1.165, 1.54) is 36.8 Å². The Morgan fingerprint density at radius 1 is 1.11 bits per heavy atom. The van der Waals surface area contributed by atoms with Crippen LogP contribution in [0.3, 0.4) is 0 Å². The number of rotatable bonds is 2. The highest BCUT2D eigenvalue weighted by atomic mass is 16.2. The first-order chi connectivity index (χ1) is 9.13. The lowest BCUT2D eigenvalue weighted by molar-refractivity contribution is -0.116. The molecular weight excluding hydrogens is 236 g/mol. The van der Waals surface area contributed by atoms with Gasteiger partial charge in [0.05, 0.1) is 17.8 Å². The molecule has 19 heavy (non-hydrogen) atoms. The van der Waals surface area contributed by atoms with Crippen molar-refractivity contribution in [1.82, 2.24) is 0 Å². The average molecular weight is 256 g/mol. The molecule has 0 bridgehead atoms. The number of hydrogen-bond donors (Lipinski definition) is 0. The Morgan fingerprint density at radius 2 is 1.74 bits per heavy atom. The van der Waals surface area contributed by atoms with Crippen molar-refractivity contribution in [2.24, 2.45) is 11.0 Å². The molecule has 0 atom stereocenters. The summed E-state index contributed by atoms with van der Waals surface area (Å²) in [4.78, 5) is 12.2. The molecule has 3 rings (SSSR count). The van der Waals surface area contributed by atoms with E-state index in [-0.39, 0.29) is 5.91 Å². The minimum absolute atomic E-state index is 0.118. The molecular formula is C16H20N2O. The van der Waals surface area contributed by atoms with E-state index in [1.54, 1.807) is 5.01 Å². The van der Waals surface area contributed by atoms with Gasteiger partial charge < -0.3 is 0 Å². The zero-order valence-corrected chi connectivity index (χ0v) is 11.6. The second-order valence-electron chi connectivity index (χ2n) is 5.80. The quantitative estimate of drug-likeness (QED) is 0.796. The molecule has 0 aromatic heterocycles. The van der Waals surface area contributed by atoms with Gasteiger partial charge >= 0.3 is 0 Å². The van der Waals surface area contributed by atoms with Crippen LogP contribution in [-0.4, -0.2) is 11.6 Å². The van der Waals surface area contributed by atoms with Crippen LogP contribution < -0.4 is 5.01 Å². The largest absolute Gasteiger partial charge is 0.272 e. The Bertz CT molecular complexity index is 521. The first-order valence-corrected chi connectivity index (χ1v) is 7.12. The first kappa shape index (κ1) is 12.4. The molecule has 0 N–H and O–H groups in total. The number of aryl methyl sites for hydroxylation is 2. The fraction of sp³-hybridized carbons (Fsp3) is 0.500. The molecule has 1 saturated carbocycles. The van der Waals surface area contributed by atoms with Crippen LogP contribution in [0.4, 0.5) is 5.69 Å². The summed E-state index contributed by atoms with van der Waals surface area (Å²) in [6.45, 7) is 4.11. The lowest BCUT2D eigenvalue weighted by atomic mass is 10.00. The SMILES string of the molecule is Cc1cc(C)cc(N2N=C(C3CCCC3)CC2=O)c1. The normalized spacial score (nSPS) is 20.2. The van der Waals surface area contributed by atoms with E-state index in [1.807, 2.05) is 12.1 Å². The van der Waals surface area contributed by atoms with Crippen LogP contribution in [0.1, 0.15) is 43.2 Å². The highest BCUT2D eigenvalue weighted by Gasteiger charge is 2.31. The summed E-state index contributed by atoms with van der Waals surface area (Å²) >= 11 is 0. The molecule has 3 heteroatoms. The number of carbonyl (C=O) groups excluding carboxylic acids is 1. The van der Waals surface area contributed by atoms with Crippen molar-refractivity contribution in [3.05, 3.63) is 29.3 Å². The smallest absolute Gasteiger partial charge is 0.253 e. The second-order valence-corrected chi connectivity index (χ2v) is 5.80. The van der Waals surface area contributed by atoms with Crippen molar-refractivity contribution < 1.29 is 4.79 Å². The molecule has 0 radical (unpaired) electrons. The monoisotopic (exact) mass is 256 g/mol. The number of amides is 1. The van der Waals surface area contributed by atoms with Gasteiger partial charge in [-0.2, -0.15) is 5.10 Å². The Balaban J connectivity index is 1.89. The van der Waals surface area contributed by atoms with Crippen molar-refractivity contribution in [2.75, 3.05) is 5.01 Å². The number of carbonyl (C=O) groups is 1. The molecule has 1 aromatic carbocycles. The number of hydrogen-bond acceptors (Lipinski definition) is 2. The molecule has 1 heterocycles. The summed E-state index contributed by atoms with van der Waals surface area (Å²) < 4.78 is 0. The van der Waals surface area contributed by atoms with Gasteiger partial charge in [-0.25, -0.2) is 5.01 Å². The third-order valence-electron chi connectivity index (χ3n) is 4.07. The van der Waals surface area contributed by atoms with E-state index in [2.05, 4.69) is 25.0 Å². The van der Waals surface area contributed by atoms with Crippen molar-refractivity contribution >= 4 is 17.3 Å². The molecule has 1 amide bonds. The third-order valence-corrected chi connectivity index (χ3v) is 4.07. The van der Waals surface area contributed by atoms with Crippen LogP contribution in [0.2, 0.25) is 0 Å². The maximum absolute atomic E-state index is 12.2. The van der Waals surface area contributed by atoms with Crippen LogP contribution in [0, 0.1) is 19.8 Å². The van der Waals surface area contributed by atoms with E-state index in [0.29, 0.717) is 12.3 Å². The molecule has 0 unspecified atom stereocenters. The Hall–Kier alpha value is -1.64. The summed E-state index contributed by atoms with van der Waals surface area (Å²) in [5.41, 5.74) is 4.36. The molecule has 1 aliphatic heterocycles. The number of nitrogens with zero attached hydrogens (tertiary/aromatic N) is 2. The predicted octanol–water partition coefficient (Wildman–Crippen LogP) is 3.59. The summed E-state index contributed by atoms with van der Waals surface area (Å²) in [7, 11) is 0. The zero-order chi connectivity index (χ0) is 13.4.